The Bertz CT molecular complexity index is 1450. The van der Waals surface area contributed by atoms with E-state index < -0.39 is 11.4 Å². The normalized spacial score (nSPS) is 14.5. The minimum Gasteiger partial charge on any atom is -0.481 e. The molecule has 4 aromatic rings. The van der Waals surface area contributed by atoms with Gasteiger partial charge in [0.2, 0.25) is 5.95 Å². The molecule has 10 nitrogen and oxygen atoms in total. The lowest BCUT2D eigenvalue weighted by Crippen LogP contribution is -2.33. The molecule has 174 valence electrons. The second-order valence-corrected chi connectivity index (χ2v) is 8.60. The summed E-state index contributed by atoms with van der Waals surface area (Å²) in [5.74, 6) is -0.737. The molecule has 3 aromatic heterocycles. The van der Waals surface area contributed by atoms with Crippen LogP contribution >= 0.6 is 0 Å². The maximum atomic E-state index is 12.0. The van der Waals surface area contributed by atoms with Crippen molar-refractivity contribution in [3.05, 3.63) is 71.7 Å². The highest BCUT2D eigenvalue weighted by Gasteiger charge is 2.44. The number of nitrogens with two attached hydrogens (primary N) is 1. The van der Waals surface area contributed by atoms with Crippen LogP contribution in [-0.2, 0) is 16.8 Å². The summed E-state index contributed by atoms with van der Waals surface area (Å²) >= 11 is 0. The summed E-state index contributed by atoms with van der Waals surface area (Å²) in [4.78, 5) is 25.3. The van der Waals surface area contributed by atoms with E-state index in [9.17, 15) is 15.2 Å². The first-order valence-corrected chi connectivity index (χ1v) is 11.2. The zero-order chi connectivity index (χ0) is 24.4. The number of hydrogen-bond donors (Lipinski definition) is 2. The fraction of sp³-hybridized carbons (Fsp3) is 0.240. The van der Waals surface area contributed by atoms with Gasteiger partial charge in [0, 0.05) is 5.56 Å². The number of carboxylic acid groups (broad SMARTS) is 1. The summed E-state index contributed by atoms with van der Waals surface area (Å²) in [7, 11) is 0. The highest BCUT2D eigenvalue weighted by Crippen LogP contribution is 2.40. The van der Waals surface area contributed by atoms with Gasteiger partial charge in [-0.25, -0.2) is 14.6 Å². The predicted molar refractivity (Wildman–Crippen MR) is 127 cm³/mol. The molecular formula is C25H22N8O2. The molecular weight excluding hydrogens is 444 g/mol. The van der Waals surface area contributed by atoms with Gasteiger partial charge in [-0.15, -0.1) is 5.10 Å². The van der Waals surface area contributed by atoms with E-state index in [1.54, 1.807) is 41.2 Å². The Morgan fingerprint density at radius 2 is 1.83 bits per heavy atom. The number of carboxylic acids is 1. The number of benzene rings is 1. The second kappa shape index (κ2) is 8.95. The zero-order valence-corrected chi connectivity index (χ0v) is 18.8. The Morgan fingerprint density at radius 3 is 2.60 bits per heavy atom. The van der Waals surface area contributed by atoms with Gasteiger partial charge < -0.3 is 10.8 Å². The number of aromatic nitrogens is 6. The van der Waals surface area contributed by atoms with Gasteiger partial charge in [-0.05, 0) is 43.2 Å². The van der Waals surface area contributed by atoms with E-state index in [2.05, 4.69) is 31.3 Å². The van der Waals surface area contributed by atoms with Crippen LogP contribution in [0, 0.1) is 11.3 Å². The predicted octanol–water partition coefficient (Wildman–Crippen LogP) is 3.20. The van der Waals surface area contributed by atoms with E-state index in [0.717, 1.165) is 18.4 Å². The first kappa shape index (κ1) is 22.2. The van der Waals surface area contributed by atoms with Crippen molar-refractivity contribution >= 4 is 11.9 Å². The lowest BCUT2D eigenvalue weighted by Gasteiger charge is -2.23. The van der Waals surface area contributed by atoms with E-state index in [0.29, 0.717) is 53.4 Å². The molecule has 0 spiro atoms. The van der Waals surface area contributed by atoms with Crippen LogP contribution < -0.4 is 5.73 Å². The smallest absolute Gasteiger partial charge is 0.315 e. The van der Waals surface area contributed by atoms with Crippen LogP contribution in [0.25, 0.3) is 22.6 Å². The maximum Gasteiger partial charge on any atom is 0.315 e. The van der Waals surface area contributed by atoms with E-state index >= 15 is 0 Å². The van der Waals surface area contributed by atoms with Gasteiger partial charge in [-0.3, -0.25) is 9.78 Å². The SMILES string of the molecule is N#Cc1cccc(-c2cc(-c3cn(Cc4cccc(C5(C(=O)O)CCCC5)n4)nn3)nc(N)n2)c1. The van der Waals surface area contributed by atoms with Crippen molar-refractivity contribution in [2.75, 3.05) is 5.73 Å². The Labute approximate surface area is 201 Å². The Kier molecular flexibility index (Phi) is 5.66. The summed E-state index contributed by atoms with van der Waals surface area (Å²) in [6.45, 7) is 0.328. The van der Waals surface area contributed by atoms with E-state index in [1.807, 2.05) is 18.2 Å². The number of nitriles is 1. The van der Waals surface area contributed by atoms with Crippen molar-refractivity contribution in [2.24, 2.45) is 0 Å². The minimum absolute atomic E-state index is 0.0827. The molecule has 1 aromatic carbocycles. The number of pyridine rings is 1. The van der Waals surface area contributed by atoms with Gasteiger partial charge >= 0.3 is 5.97 Å². The Hall–Kier alpha value is -4.65. The van der Waals surface area contributed by atoms with Crippen molar-refractivity contribution < 1.29 is 9.90 Å². The summed E-state index contributed by atoms with van der Waals surface area (Å²) < 4.78 is 1.62. The Morgan fingerprint density at radius 1 is 1.06 bits per heavy atom. The summed E-state index contributed by atoms with van der Waals surface area (Å²) in [5.41, 5.74) is 9.16. The molecule has 0 aliphatic heterocycles. The van der Waals surface area contributed by atoms with Crippen molar-refractivity contribution in [1.82, 2.24) is 29.9 Å². The third-order valence-electron chi connectivity index (χ3n) is 6.32. The average molecular weight is 467 g/mol. The fourth-order valence-corrected chi connectivity index (χ4v) is 4.54. The van der Waals surface area contributed by atoms with Crippen molar-refractivity contribution in [2.45, 2.75) is 37.6 Å². The van der Waals surface area contributed by atoms with Crippen molar-refractivity contribution in [3.8, 4) is 28.7 Å². The monoisotopic (exact) mass is 466 g/mol. The molecule has 1 saturated carbocycles. The number of nitrogens with zero attached hydrogens (tertiary/aromatic N) is 7. The fourth-order valence-electron chi connectivity index (χ4n) is 4.54. The summed E-state index contributed by atoms with van der Waals surface area (Å²) in [5, 5.41) is 27.5. The number of anilines is 1. The van der Waals surface area contributed by atoms with Crippen LogP contribution in [-0.4, -0.2) is 41.0 Å². The minimum atomic E-state index is -0.915. The van der Waals surface area contributed by atoms with Gasteiger partial charge in [0.15, 0.2) is 0 Å². The highest BCUT2D eigenvalue weighted by atomic mass is 16.4. The molecule has 10 heteroatoms. The van der Waals surface area contributed by atoms with Crippen LogP contribution in [0.3, 0.4) is 0 Å². The molecule has 3 heterocycles. The van der Waals surface area contributed by atoms with Crippen LogP contribution in [0.15, 0.2) is 54.7 Å². The molecule has 0 amide bonds. The topological polar surface area (TPSA) is 156 Å². The molecule has 3 N–H and O–H groups in total. The van der Waals surface area contributed by atoms with E-state index in [1.165, 1.54) is 0 Å². The number of aliphatic carboxylic acids is 1. The third-order valence-corrected chi connectivity index (χ3v) is 6.32. The number of rotatable bonds is 6. The highest BCUT2D eigenvalue weighted by molar-refractivity contribution is 5.81. The number of hydrogen-bond acceptors (Lipinski definition) is 8. The lowest BCUT2D eigenvalue weighted by atomic mass is 9.82. The van der Waals surface area contributed by atoms with Crippen LogP contribution in [0.4, 0.5) is 5.95 Å². The van der Waals surface area contributed by atoms with Crippen molar-refractivity contribution in [3.63, 3.8) is 0 Å². The molecule has 0 radical (unpaired) electrons. The lowest BCUT2D eigenvalue weighted by molar-refractivity contribution is -0.143. The standard InChI is InChI=1S/C25H22N8O2/c26-13-16-5-3-6-17(11-16)19-12-20(30-24(27)29-19)21-15-33(32-31-21)14-18-7-4-8-22(28-18)25(23(34)35)9-1-2-10-25/h3-8,11-12,15H,1-2,9-10,14H2,(H,34,35)(H2,27,29,30). The van der Waals surface area contributed by atoms with Gasteiger partial charge in [-0.2, -0.15) is 5.26 Å². The van der Waals surface area contributed by atoms with Gasteiger partial charge in [-0.1, -0.05) is 36.3 Å². The third kappa shape index (κ3) is 4.31. The second-order valence-electron chi connectivity index (χ2n) is 8.60. The van der Waals surface area contributed by atoms with Crippen LogP contribution in [0.5, 0.6) is 0 Å². The Balaban J connectivity index is 1.41. The summed E-state index contributed by atoms with van der Waals surface area (Å²) in [6, 6.07) is 16.4. The molecule has 0 unspecified atom stereocenters. The van der Waals surface area contributed by atoms with Gasteiger partial charge in [0.25, 0.3) is 0 Å². The quantitative estimate of drug-likeness (QED) is 0.435. The average Bonchev–Trinajstić information content (AvgIpc) is 3.55. The molecule has 0 saturated heterocycles. The first-order chi connectivity index (χ1) is 17.0. The molecule has 0 bridgehead atoms. The van der Waals surface area contributed by atoms with E-state index in [-0.39, 0.29) is 5.95 Å². The van der Waals surface area contributed by atoms with E-state index in [4.69, 9.17) is 5.73 Å². The molecule has 1 aliphatic rings. The van der Waals surface area contributed by atoms with Crippen LogP contribution in [0.2, 0.25) is 0 Å². The number of nitrogen functional groups attached to an aromatic ring is 1. The maximum absolute atomic E-state index is 12.0. The van der Waals surface area contributed by atoms with Gasteiger partial charge in [0.1, 0.15) is 11.1 Å². The van der Waals surface area contributed by atoms with Crippen LogP contribution in [0.1, 0.15) is 42.6 Å². The first-order valence-electron chi connectivity index (χ1n) is 11.2. The van der Waals surface area contributed by atoms with Gasteiger partial charge in [0.05, 0.1) is 47.1 Å². The molecule has 35 heavy (non-hydrogen) atoms. The zero-order valence-electron chi connectivity index (χ0n) is 18.8. The van der Waals surface area contributed by atoms with Crippen molar-refractivity contribution in [1.29, 1.82) is 5.26 Å². The molecule has 1 aliphatic carbocycles. The molecule has 0 atom stereocenters. The number of carbonyl (C=O) groups is 1. The summed E-state index contributed by atoms with van der Waals surface area (Å²) in [6.07, 6.45) is 4.70. The molecule has 1 fully saturated rings. The molecule has 5 rings (SSSR count). The largest absolute Gasteiger partial charge is 0.481 e.